The van der Waals surface area contributed by atoms with E-state index in [-0.39, 0.29) is 19.4 Å². The lowest BCUT2D eigenvalue weighted by molar-refractivity contribution is -0.147. The van der Waals surface area contributed by atoms with Crippen LogP contribution in [0.2, 0.25) is 0 Å². The van der Waals surface area contributed by atoms with Gasteiger partial charge >= 0.3 is 17.9 Å². The van der Waals surface area contributed by atoms with Gasteiger partial charge in [0.15, 0.2) is 0 Å². The van der Waals surface area contributed by atoms with Crippen LogP contribution in [0.1, 0.15) is 45.4 Å². The maximum atomic E-state index is 12.7. The second-order valence-electron chi connectivity index (χ2n) is 7.61. The highest BCUT2D eigenvalue weighted by Crippen LogP contribution is 2.05. The van der Waals surface area contributed by atoms with Gasteiger partial charge in [0.25, 0.3) is 0 Å². The molecule has 0 heterocycles. The zero-order valence-corrected chi connectivity index (χ0v) is 18.7. The Hall–Kier alpha value is -3.30. The number of aliphatic carboxylic acids is 3. The minimum Gasteiger partial charge on any atom is -0.481 e. The van der Waals surface area contributed by atoms with E-state index in [2.05, 4.69) is 10.6 Å². The fraction of sp³-hybridized carbons (Fsp3) is 0.684. The average molecular weight is 491 g/mol. The van der Waals surface area contributed by atoms with Crippen LogP contribution in [0.5, 0.6) is 0 Å². The molecule has 0 fully saturated rings. The smallest absolute Gasteiger partial charge is 0.326 e. The van der Waals surface area contributed by atoms with Crippen LogP contribution in [0, 0.1) is 0 Å². The van der Waals surface area contributed by atoms with Crippen LogP contribution >= 0.6 is 0 Å². The quantitative estimate of drug-likeness (QED) is 0.0905. The molecule has 0 aromatic heterocycles. The van der Waals surface area contributed by atoms with Crippen molar-refractivity contribution in [1.82, 2.24) is 16.0 Å². The highest BCUT2D eigenvalue weighted by atomic mass is 16.4. The van der Waals surface area contributed by atoms with Crippen LogP contribution in [0.4, 0.5) is 0 Å². The van der Waals surface area contributed by atoms with Crippen LogP contribution in [0.15, 0.2) is 0 Å². The van der Waals surface area contributed by atoms with Crippen molar-refractivity contribution in [2.45, 2.75) is 75.7 Å². The van der Waals surface area contributed by atoms with Gasteiger partial charge in [-0.05, 0) is 39.2 Å². The van der Waals surface area contributed by atoms with Crippen molar-refractivity contribution in [2.75, 3.05) is 6.54 Å². The molecule has 0 saturated carbocycles. The molecule has 11 N–H and O–H groups in total. The number of carbonyl (C=O) groups excluding carboxylic acids is 3. The molecule has 0 aromatic rings. The Morgan fingerprint density at radius 2 is 1.38 bits per heavy atom. The fourth-order valence-electron chi connectivity index (χ4n) is 2.75. The molecule has 34 heavy (non-hydrogen) atoms. The monoisotopic (exact) mass is 491 g/mol. The first-order chi connectivity index (χ1) is 15.8. The molecule has 0 rings (SSSR count). The maximum Gasteiger partial charge on any atom is 0.326 e. The number of carbonyl (C=O) groups is 6. The molecule has 194 valence electrons. The summed E-state index contributed by atoms with van der Waals surface area (Å²) in [6.45, 7) is 1.46. The molecule has 0 radical (unpaired) electrons. The second-order valence-corrected chi connectivity index (χ2v) is 7.61. The number of hydrogen-bond donors (Lipinski definition) is 9. The molecule has 0 aliphatic heterocycles. The van der Waals surface area contributed by atoms with E-state index >= 15 is 0 Å². The molecule has 0 aliphatic rings. The highest BCUT2D eigenvalue weighted by molar-refractivity contribution is 5.95. The molecule has 5 unspecified atom stereocenters. The van der Waals surface area contributed by atoms with E-state index < -0.39 is 78.7 Å². The van der Waals surface area contributed by atoms with Gasteiger partial charge in [0.05, 0.1) is 18.6 Å². The summed E-state index contributed by atoms with van der Waals surface area (Å²) >= 11 is 0. The molecule has 5 atom stereocenters. The summed E-state index contributed by atoms with van der Waals surface area (Å²) in [7, 11) is 0. The van der Waals surface area contributed by atoms with Gasteiger partial charge in [-0.3, -0.25) is 24.0 Å². The lowest BCUT2D eigenvalue weighted by Crippen LogP contribution is -2.59. The van der Waals surface area contributed by atoms with Gasteiger partial charge in [0, 0.05) is 6.42 Å². The third kappa shape index (κ3) is 12.1. The molecule has 3 amide bonds. The Morgan fingerprint density at radius 1 is 0.794 bits per heavy atom. The first-order valence-electron chi connectivity index (χ1n) is 10.5. The summed E-state index contributed by atoms with van der Waals surface area (Å²) in [5.41, 5.74) is 11.0. The summed E-state index contributed by atoms with van der Waals surface area (Å²) in [6, 6.07) is -5.92. The normalized spacial score (nSPS) is 15.2. The van der Waals surface area contributed by atoms with Crippen molar-refractivity contribution in [3.8, 4) is 0 Å². The molecule has 15 heteroatoms. The van der Waals surface area contributed by atoms with Gasteiger partial charge in [-0.25, -0.2) is 4.79 Å². The van der Waals surface area contributed by atoms with Crippen LogP contribution in [0.3, 0.4) is 0 Å². The average Bonchev–Trinajstić information content (AvgIpc) is 2.73. The number of hydrogen-bond acceptors (Lipinski definition) is 9. The standard InChI is InChI=1S/C19H33N5O10/c1-9(25)15(24-16(30)10(21)5-6-13(26)27)18(32)22-11(4-2-3-7-20)17(31)23-12(19(33)34)8-14(28)29/h9-12,15,25H,2-8,20-21H2,1H3,(H,22,32)(H,23,31)(H,24,30)(H,26,27)(H,28,29)(H,33,34). The second kappa shape index (κ2) is 15.5. The maximum absolute atomic E-state index is 12.7. The summed E-state index contributed by atoms with van der Waals surface area (Å²) in [4.78, 5) is 70.2. The Bertz CT molecular complexity index is 745. The van der Waals surface area contributed by atoms with Crippen LogP contribution in [-0.4, -0.2) is 92.9 Å². The number of aliphatic hydroxyl groups is 1. The number of carboxylic acid groups (broad SMARTS) is 3. The predicted molar refractivity (Wildman–Crippen MR) is 115 cm³/mol. The molecular formula is C19H33N5O10. The number of unbranched alkanes of at least 4 members (excludes halogenated alkanes) is 1. The lowest BCUT2D eigenvalue weighted by atomic mass is 10.0. The first-order valence-corrected chi connectivity index (χ1v) is 10.5. The minimum atomic E-state index is -1.75. The molecule has 0 bridgehead atoms. The highest BCUT2D eigenvalue weighted by Gasteiger charge is 2.32. The third-order valence-corrected chi connectivity index (χ3v) is 4.64. The van der Waals surface area contributed by atoms with Crippen molar-refractivity contribution in [3.05, 3.63) is 0 Å². The van der Waals surface area contributed by atoms with Crippen molar-refractivity contribution < 1.29 is 49.2 Å². The number of aliphatic hydroxyl groups excluding tert-OH is 1. The first kappa shape index (κ1) is 30.7. The van der Waals surface area contributed by atoms with Crippen molar-refractivity contribution in [1.29, 1.82) is 0 Å². The van der Waals surface area contributed by atoms with Gasteiger partial charge < -0.3 is 47.8 Å². The molecule has 0 aromatic carbocycles. The zero-order valence-electron chi connectivity index (χ0n) is 18.7. The summed E-state index contributed by atoms with van der Waals surface area (Å²) in [5, 5.41) is 43.1. The largest absolute Gasteiger partial charge is 0.481 e. The molecule has 15 nitrogen and oxygen atoms in total. The SMILES string of the molecule is CC(O)C(NC(=O)C(N)CCC(=O)O)C(=O)NC(CCCCN)C(=O)NC(CC(=O)O)C(=O)O. The van der Waals surface area contributed by atoms with Crippen LogP contribution < -0.4 is 27.4 Å². The Morgan fingerprint density at radius 3 is 1.85 bits per heavy atom. The Labute approximate surface area is 195 Å². The van der Waals surface area contributed by atoms with E-state index in [0.29, 0.717) is 12.8 Å². The summed E-state index contributed by atoms with van der Waals surface area (Å²) < 4.78 is 0. The number of rotatable bonds is 17. The molecule has 0 spiro atoms. The zero-order chi connectivity index (χ0) is 26.4. The lowest BCUT2D eigenvalue weighted by Gasteiger charge is -2.26. The summed E-state index contributed by atoms with van der Waals surface area (Å²) in [6.07, 6.45) is -2.15. The van der Waals surface area contributed by atoms with Crippen molar-refractivity contribution in [2.24, 2.45) is 11.5 Å². The van der Waals surface area contributed by atoms with Gasteiger partial charge in [-0.1, -0.05) is 0 Å². The third-order valence-electron chi connectivity index (χ3n) is 4.64. The van der Waals surface area contributed by atoms with Gasteiger partial charge in [0.1, 0.15) is 18.1 Å². The Kier molecular flexibility index (Phi) is 14.0. The van der Waals surface area contributed by atoms with E-state index in [9.17, 15) is 33.9 Å². The molecular weight excluding hydrogens is 458 g/mol. The topological polar surface area (TPSA) is 271 Å². The van der Waals surface area contributed by atoms with Crippen LogP contribution in [0.25, 0.3) is 0 Å². The van der Waals surface area contributed by atoms with Gasteiger partial charge in [-0.15, -0.1) is 0 Å². The van der Waals surface area contributed by atoms with E-state index in [4.69, 9.17) is 26.8 Å². The molecule has 0 aliphatic carbocycles. The van der Waals surface area contributed by atoms with Crippen molar-refractivity contribution in [3.63, 3.8) is 0 Å². The van der Waals surface area contributed by atoms with Gasteiger partial charge in [0.2, 0.25) is 17.7 Å². The van der Waals surface area contributed by atoms with Crippen molar-refractivity contribution >= 4 is 35.6 Å². The Balaban J connectivity index is 5.43. The number of nitrogens with two attached hydrogens (primary N) is 2. The number of amides is 3. The van der Waals surface area contributed by atoms with E-state index in [1.54, 1.807) is 0 Å². The van der Waals surface area contributed by atoms with E-state index in [0.717, 1.165) is 0 Å². The fourth-order valence-corrected chi connectivity index (χ4v) is 2.75. The molecule has 0 saturated heterocycles. The summed E-state index contributed by atoms with van der Waals surface area (Å²) in [5.74, 6) is -7.11. The van der Waals surface area contributed by atoms with Crippen LogP contribution in [-0.2, 0) is 28.8 Å². The predicted octanol–water partition coefficient (Wildman–Crippen LogP) is -3.30. The minimum absolute atomic E-state index is 0.00673. The number of carboxylic acids is 3. The van der Waals surface area contributed by atoms with E-state index in [1.165, 1.54) is 6.92 Å². The van der Waals surface area contributed by atoms with Gasteiger partial charge in [-0.2, -0.15) is 0 Å². The van der Waals surface area contributed by atoms with E-state index in [1.807, 2.05) is 5.32 Å². The number of nitrogens with one attached hydrogen (secondary N) is 3.